The molecule has 1 saturated carbocycles. The van der Waals surface area contributed by atoms with Crippen molar-refractivity contribution in [3.8, 4) is 0 Å². The van der Waals surface area contributed by atoms with Gasteiger partial charge in [-0.25, -0.2) is 0 Å². The fourth-order valence-corrected chi connectivity index (χ4v) is 2.77. The van der Waals surface area contributed by atoms with Crippen molar-refractivity contribution in [3.63, 3.8) is 0 Å². The van der Waals surface area contributed by atoms with Crippen molar-refractivity contribution >= 4 is 5.78 Å². The zero-order chi connectivity index (χ0) is 12.4. The fraction of sp³-hybridized carbons (Fsp3) is 0.438. The maximum Gasteiger partial charge on any atom is 0.158 e. The van der Waals surface area contributed by atoms with Crippen LogP contribution in [0.4, 0.5) is 0 Å². The lowest BCUT2D eigenvalue weighted by molar-refractivity contribution is -0.115. The highest BCUT2D eigenvalue weighted by Gasteiger charge is 2.25. The number of hydrogen-bond donors (Lipinski definition) is 1. The fourth-order valence-electron chi connectivity index (χ4n) is 2.77. The monoisotopic (exact) mass is 241 g/mol. The summed E-state index contributed by atoms with van der Waals surface area (Å²) in [7, 11) is 0. The van der Waals surface area contributed by atoms with Crippen LogP contribution >= 0.6 is 0 Å². The first-order valence-electron chi connectivity index (χ1n) is 6.86. The molecule has 1 fully saturated rings. The number of carbonyl (C=O) groups excluding carboxylic acids is 1. The summed E-state index contributed by atoms with van der Waals surface area (Å²) in [5.74, 6) is 0.614. The van der Waals surface area contributed by atoms with Crippen molar-refractivity contribution in [1.82, 2.24) is 5.32 Å². The van der Waals surface area contributed by atoms with E-state index >= 15 is 0 Å². The summed E-state index contributed by atoms with van der Waals surface area (Å²) in [6, 6.07) is 11.0. The third-order valence-corrected chi connectivity index (χ3v) is 4.01. The molecular weight excluding hydrogens is 222 g/mol. The Balaban J connectivity index is 1.71. The lowest BCUT2D eigenvalue weighted by Gasteiger charge is -2.31. The first-order chi connectivity index (χ1) is 8.81. The van der Waals surface area contributed by atoms with Crippen LogP contribution in [0.3, 0.4) is 0 Å². The Morgan fingerprint density at radius 3 is 2.50 bits per heavy atom. The number of benzene rings is 1. The molecule has 0 spiro atoms. The van der Waals surface area contributed by atoms with Gasteiger partial charge in [0.25, 0.3) is 0 Å². The van der Waals surface area contributed by atoms with Gasteiger partial charge in [-0.2, -0.15) is 0 Å². The number of hydrogen-bond acceptors (Lipinski definition) is 2. The smallest absolute Gasteiger partial charge is 0.158 e. The van der Waals surface area contributed by atoms with Crippen molar-refractivity contribution in [2.75, 3.05) is 0 Å². The van der Waals surface area contributed by atoms with E-state index in [1.165, 1.54) is 24.8 Å². The van der Waals surface area contributed by atoms with E-state index in [1.54, 1.807) is 0 Å². The van der Waals surface area contributed by atoms with Crippen molar-refractivity contribution < 1.29 is 4.79 Å². The Kier molecular flexibility index (Phi) is 3.18. The Hall–Kier alpha value is -1.57. The number of ketones is 1. The molecule has 1 aromatic rings. The molecule has 0 saturated heterocycles. The molecule has 94 valence electrons. The van der Waals surface area contributed by atoms with E-state index in [-0.39, 0.29) is 5.78 Å². The maximum absolute atomic E-state index is 11.8. The van der Waals surface area contributed by atoms with Crippen molar-refractivity contribution in [2.24, 2.45) is 0 Å². The molecule has 2 aliphatic rings. The summed E-state index contributed by atoms with van der Waals surface area (Å²) < 4.78 is 0. The predicted octanol–water partition coefficient (Wildman–Crippen LogP) is 3.16. The minimum absolute atomic E-state index is 0.261. The second kappa shape index (κ2) is 4.97. The van der Waals surface area contributed by atoms with Gasteiger partial charge in [0.1, 0.15) is 0 Å². The zero-order valence-corrected chi connectivity index (χ0v) is 10.6. The van der Waals surface area contributed by atoms with Gasteiger partial charge in [0.15, 0.2) is 5.78 Å². The third kappa shape index (κ3) is 2.47. The SMILES string of the molecule is O=C1C=C(NC2CCC2)CC(c2ccccc2)C1. The minimum atomic E-state index is 0.261. The third-order valence-electron chi connectivity index (χ3n) is 4.01. The maximum atomic E-state index is 11.8. The average Bonchev–Trinajstić information content (AvgIpc) is 2.34. The van der Waals surface area contributed by atoms with E-state index in [2.05, 4.69) is 29.6 Å². The average molecular weight is 241 g/mol. The summed E-state index contributed by atoms with van der Waals surface area (Å²) in [5, 5.41) is 3.53. The first kappa shape index (κ1) is 11.5. The van der Waals surface area contributed by atoms with Gasteiger partial charge in [-0.15, -0.1) is 0 Å². The van der Waals surface area contributed by atoms with Crippen molar-refractivity contribution in [1.29, 1.82) is 0 Å². The molecule has 1 N–H and O–H groups in total. The molecule has 0 bridgehead atoms. The number of allylic oxidation sites excluding steroid dienone is 2. The van der Waals surface area contributed by atoms with Crippen LogP contribution in [0.25, 0.3) is 0 Å². The number of nitrogens with one attached hydrogen (secondary N) is 1. The summed E-state index contributed by atoms with van der Waals surface area (Å²) in [6.07, 6.45) is 7.27. The molecule has 3 rings (SSSR count). The van der Waals surface area contributed by atoms with E-state index in [0.717, 1.165) is 12.1 Å². The van der Waals surface area contributed by atoms with Gasteiger partial charge in [-0.1, -0.05) is 30.3 Å². The van der Waals surface area contributed by atoms with Gasteiger partial charge in [0.2, 0.25) is 0 Å². The molecule has 18 heavy (non-hydrogen) atoms. The molecule has 0 amide bonds. The van der Waals surface area contributed by atoms with Crippen LogP contribution < -0.4 is 5.32 Å². The van der Waals surface area contributed by atoms with E-state index < -0.39 is 0 Å². The Labute approximate surface area is 108 Å². The molecule has 0 radical (unpaired) electrons. The Morgan fingerprint density at radius 2 is 1.83 bits per heavy atom. The van der Waals surface area contributed by atoms with E-state index in [0.29, 0.717) is 18.4 Å². The summed E-state index contributed by atoms with van der Waals surface area (Å²) in [5.41, 5.74) is 2.43. The summed E-state index contributed by atoms with van der Waals surface area (Å²) >= 11 is 0. The van der Waals surface area contributed by atoms with Gasteiger partial charge in [-0.3, -0.25) is 4.79 Å². The molecular formula is C16H19NO. The van der Waals surface area contributed by atoms with E-state index in [9.17, 15) is 4.79 Å². The number of carbonyl (C=O) groups is 1. The van der Waals surface area contributed by atoms with Gasteiger partial charge in [-0.05, 0) is 37.2 Å². The minimum Gasteiger partial charge on any atom is -0.385 e. The topological polar surface area (TPSA) is 29.1 Å². The van der Waals surface area contributed by atoms with Crippen LogP contribution in [0.15, 0.2) is 42.1 Å². The van der Waals surface area contributed by atoms with Gasteiger partial charge < -0.3 is 5.32 Å². The van der Waals surface area contributed by atoms with Crippen molar-refractivity contribution in [2.45, 2.75) is 44.1 Å². The standard InChI is InChI=1S/C16H19NO/c18-16-10-13(12-5-2-1-3-6-12)9-15(11-16)17-14-7-4-8-14/h1-3,5-6,11,13-14,17H,4,7-10H2. The second-order valence-electron chi connectivity index (χ2n) is 5.42. The second-order valence-corrected chi connectivity index (χ2v) is 5.42. The van der Waals surface area contributed by atoms with E-state index in [1.807, 2.05) is 12.1 Å². The molecule has 0 aromatic heterocycles. The molecule has 2 nitrogen and oxygen atoms in total. The highest BCUT2D eigenvalue weighted by Crippen LogP contribution is 2.31. The molecule has 2 heteroatoms. The highest BCUT2D eigenvalue weighted by atomic mass is 16.1. The van der Waals surface area contributed by atoms with Crippen LogP contribution in [-0.4, -0.2) is 11.8 Å². The molecule has 0 heterocycles. The predicted molar refractivity (Wildman–Crippen MR) is 72.3 cm³/mol. The lowest BCUT2D eigenvalue weighted by Crippen LogP contribution is -2.36. The van der Waals surface area contributed by atoms with Crippen LogP contribution in [0.2, 0.25) is 0 Å². The van der Waals surface area contributed by atoms with Gasteiger partial charge in [0.05, 0.1) is 0 Å². The lowest BCUT2D eigenvalue weighted by atomic mass is 9.84. The molecule has 1 atom stereocenters. The Bertz CT molecular complexity index is 459. The molecule has 1 unspecified atom stereocenters. The van der Waals surface area contributed by atoms with E-state index in [4.69, 9.17) is 0 Å². The normalized spacial score (nSPS) is 24.3. The molecule has 2 aliphatic carbocycles. The number of rotatable bonds is 3. The van der Waals surface area contributed by atoms with Gasteiger partial charge >= 0.3 is 0 Å². The summed E-state index contributed by atoms with van der Waals surface area (Å²) in [4.78, 5) is 11.8. The first-order valence-corrected chi connectivity index (χ1v) is 6.86. The van der Waals surface area contributed by atoms with Crippen LogP contribution in [0.1, 0.15) is 43.6 Å². The molecule has 1 aromatic carbocycles. The molecule has 0 aliphatic heterocycles. The largest absolute Gasteiger partial charge is 0.385 e. The highest BCUT2D eigenvalue weighted by molar-refractivity contribution is 5.92. The van der Waals surface area contributed by atoms with Gasteiger partial charge in [0, 0.05) is 24.2 Å². The van der Waals surface area contributed by atoms with Crippen molar-refractivity contribution in [3.05, 3.63) is 47.7 Å². The van der Waals surface area contributed by atoms with Crippen LogP contribution in [-0.2, 0) is 4.79 Å². The zero-order valence-electron chi connectivity index (χ0n) is 10.6. The van der Waals surface area contributed by atoms with Crippen LogP contribution in [0, 0.1) is 0 Å². The Morgan fingerprint density at radius 1 is 1.06 bits per heavy atom. The quantitative estimate of drug-likeness (QED) is 0.880. The summed E-state index contributed by atoms with van der Waals surface area (Å²) in [6.45, 7) is 0. The van der Waals surface area contributed by atoms with Crippen LogP contribution in [0.5, 0.6) is 0 Å².